The summed E-state index contributed by atoms with van der Waals surface area (Å²) in [5, 5.41) is 11.1. The van der Waals surface area contributed by atoms with E-state index in [0.29, 0.717) is 25.0 Å². The molecule has 100 valence electrons. The van der Waals surface area contributed by atoms with E-state index in [2.05, 4.69) is 15.5 Å². The topological polar surface area (TPSA) is 69.4 Å². The predicted molar refractivity (Wildman–Crippen MR) is 68.5 cm³/mol. The molecular formula is C13H15N3O3. The van der Waals surface area contributed by atoms with Gasteiger partial charge in [0.15, 0.2) is 11.5 Å². The minimum absolute atomic E-state index is 0.0660. The fourth-order valence-electron chi connectivity index (χ4n) is 1.93. The maximum Gasteiger partial charge on any atom is 0.238 e. The van der Waals surface area contributed by atoms with Gasteiger partial charge in [0, 0.05) is 18.7 Å². The highest BCUT2D eigenvalue weighted by molar-refractivity contribution is 5.55. The Hall–Kier alpha value is -2.24. The van der Waals surface area contributed by atoms with Crippen molar-refractivity contribution in [2.75, 3.05) is 18.5 Å². The van der Waals surface area contributed by atoms with Crippen molar-refractivity contribution >= 4 is 5.69 Å². The highest BCUT2D eigenvalue weighted by Gasteiger charge is 2.15. The molecule has 6 heteroatoms. The van der Waals surface area contributed by atoms with Crippen LogP contribution in [0.2, 0.25) is 0 Å². The third kappa shape index (κ3) is 2.47. The molecule has 2 heterocycles. The summed E-state index contributed by atoms with van der Waals surface area (Å²) in [7, 11) is 0. The van der Waals surface area contributed by atoms with Crippen LogP contribution in [0.25, 0.3) is 0 Å². The lowest BCUT2D eigenvalue weighted by Gasteiger charge is -2.20. The van der Waals surface area contributed by atoms with Crippen LogP contribution in [0.15, 0.2) is 22.6 Å². The van der Waals surface area contributed by atoms with E-state index < -0.39 is 0 Å². The molecule has 0 saturated heterocycles. The maximum atomic E-state index is 5.54. The molecule has 0 aliphatic carbocycles. The van der Waals surface area contributed by atoms with Crippen molar-refractivity contribution in [2.24, 2.45) is 0 Å². The SMILES string of the molecule is Cc1nnc([C@H](C)Nc2ccc3c(c2)OCCO3)o1. The molecule has 0 fully saturated rings. The zero-order valence-corrected chi connectivity index (χ0v) is 10.8. The van der Waals surface area contributed by atoms with Crippen LogP contribution in [0.1, 0.15) is 24.7 Å². The van der Waals surface area contributed by atoms with Gasteiger partial charge >= 0.3 is 0 Å². The van der Waals surface area contributed by atoms with Gasteiger partial charge in [-0.3, -0.25) is 0 Å². The third-order valence-corrected chi connectivity index (χ3v) is 2.84. The highest BCUT2D eigenvalue weighted by Crippen LogP contribution is 2.33. The quantitative estimate of drug-likeness (QED) is 0.914. The van der Waals surface area contributed by atoms with E-state index >= 15 is 0 Å². The highest BCUT2D eigenvalue weighted by atomic mass is 16.6. The molecule has 3 rings (SSSR count). The molecule has 0 spiro atoms. The maximum absolute atomic E-state index is 5.54. The van der Waals surface area contributed by atoms with Crippen molar-refractivity contribution in [1.29, 1.82) is 0 Å². The molecule has 1 aliphatic rings. The molecule has 0 amide bonds. The number of rotatable bonds is 3. The Bertz CT molecular complexity index is 582. The Kier molecular flexibility index (Phi) is 2.98. The minimum Gasteiger partial charge on any atom is -0.486 e. The molecule has 6 nitrogen and oxygen atoms in total. The first-order chi connectivity index (χ1) is 9.22. The molecule has 1 atom stereocenters. The van der Waals surface area contributed by atoms with Gasteiger partial charge in [-0.05, 0) is 19.1 Å². The largest absolute Gasteiger partial charge is 0.486 e. The Balaban J connectivity index is 1.76. The van der Waals surface area contributed by atoms with E-state index in [-0.39, 0.29) is 6.04 Å². The van der Waals surface area contributed by atoms with Gasteiger partial charge in [-0.25, -0.2) is 0 Å². The fourth-order valence-corrected chi connectivity index (χ4v) is 1.93. The number of hydrogen-bond acceptors (Lipinski definition) is 6. The van der Waals surface area contributed by atoms with Crippen LogP contribution in [0.4, 0.5) is 5.69 Å². The van der Waals surface area contributed by atoms with Gasteiger partial charge < -0.3 is 19.2 Å². The second-order valence-electron chi connectivity index (χ2n) is 4.38. The first-order valence-electron chi connectivity index (χ1n) is 6.18. The normalized spacial score (nSPS) is 15.1. The summed E-state index contributed by atoms with van der Waals surface area (Å²) in [6, 6.07) is 5.67. The van der Waals surface area contributed by atoms with Crippen LogP contribution in [-0.2, 0) is 0 Å². The van der Waals surface area contributed by atoms with E-state index in [0.717, 1.165) is 17.2 Å². The molecule has 1 aromatic heterocycles. The zero-order chi connectivity index (χ0) is 13.2. The smallest absolute Gasteiger partial charge is 0.238 e. The van der Waals surface area contributed by atoms with Crippen LogP contribution >= 0.6 is 0 Å². The number of benzene rings is 1. The number of aryl methyl sites for hydroxylation is 1. The van der Waals surface area contributed by atoms with E-state index in [1.165, 1.54) is 0 Å². The van der Waals surface area contributed by atoms with Crippen LogP contribution in [0, 0.1) is 6.92 Å². The number of anilines is 1. The molecule has 0 radical (unpaired) electrons. The zero-order valence-electron chi connectivity index (χ0n) is 10.8. The molecule has 19 heavy (non-hydrogen) atoms. The Labute approximate surface area is 110 Å². The van der Waals surface area contributed by atoms with E-state index in [4.69, 9.17) is 13.9 Å². The van der Waals surface area contributed by atoms with E-state index in [9.17, 15) is 0 Å². The van der Waals surface area contributed by atoms with Gasteiger partial charge in [-0.15, -0.1) is 10.2 Å². The van der Waals surface area contributed by atoms with Crippen LogP contribution in [0.5, 0.6) is 11.5 Å². The number of nitrogens with one attached hydrogen (secondary N) is 1. The molecule has 1 N–H and O–H groups in total. The number of fused-ring (bicyclic) bond motifs is 1. The van der Waals surface area contributed by atoms with Gasteiger partial charge in [0.05, 0.1) is 0 Å². The van der Waals surface area contributed by atoms with Crippen LogP contribution < -0.4 is 14.8 Å². The van der Waals surface area contributed by atoms with Crippen molar-refractivity contribution < 1.29 is 13.9 Å². The van der Waals surface area contributed by atoms with Gasteiger partial charge in [-0.2, -0.15) is 0 Å². The summed E-state index contributed by atoms with van der Waals surface area (Å²) in [6.07, 6.45) is 0. The average molecular weight is 261 g/mol. The number of aromatic nitrogens is 2. The molecule has 1 aliphatic heterocycles. The van der Waals surface area contributed by atoms with Crippen molar-refractivity contribution in [3.8, 4) is 11.5 Å². The van der Waals surface area contributed by atoms with Crippen molar-refractivity contribution in [3.63, 3.8) is 0 Å². The van der Waals surface area contributed by atoms with Crippen LogP contribution in [-0.4, -0.2) is 23.4 Å². The summed E-state index contributed by atoms with van der Waals surface area (Å²) in [6.45, 7) is 4.91. The van der Waals surface area contributed by atoms with Gasteiger partial charge in [0.1, 0.15) is 19.3 Å². The van der Waals surface area contributed by atoms with Crippen LogP contribution in [0.3, 0.4) is 0 Å². The molecular weight excluding hydrogens is 246 g/mol. The number of ether oxygens (including phenoxy) is 2. The lowest BCUT2D eigenvalue weighted by atomic mass is 10.2. The molecule has 0 bridgehead atoms. The second-order valence-corrected chi connectivity index (χ2v) is 4.38. The lowest BCUT2D eigenvalue weighted by Crippen LogP contribution is -2.15. The Morgan fingerprint density at radius 3 is 2.68 bits per heavy atom. The Morgan fingerprint density at radius 2 is 1.95 bits per heavy atom. The van der Waals surface area contributed by atoms with E-state index in [1.807, 2.05) is 25.1 Å². The number of nitrogens with zero attached hydrogens (tertiary/aromatic N) is 2. The summed E-state index contributed by atoms with van der Waals surface area (Å²) in [5.74, 6) is 2.65. The lowest BCUT2D eigenvalue weighted by molar-refractivity contribution is 0.171. The molecule has 2 aromatic rings. The van der Waals surface area contributed by atoms with E-state index in [1.54, 1.807) is 6.92 Å². The molecule has 1 aromatic carbocycles. The Morgan fingerprint density at radius 1 is 1.16 bits per heavy atom. The first-order valence-corrected chi connectivity index (χ1v) is 6.18. The van der Waals surface area contributed by atoms with Gasteiger partial charge in [0.25, 0.3) is 0 Å². The van der Waals surface area contributed by atoms with Gasteiger partial charge in [-0.1, -0.05) is 0 Å². The van der Waals surface area contributed by atoms with Crippen molar-refractivity contribution in [2.45, 2.75) is 19.9 Å². The third-order valence-electron chi connectivity index (χ3n) is 2.84. The fraction of sp³-hybridized carbons (Fsp3) is 0.385. The number of hydrogen-bond donors (Lipinski definition) is 1. The monoisotopic (exact) mass is 261 g/mol. The summed E-state index contributed by atoms with van der Waals surface area (Å²) in [4.78, 5) is 0. The van der Waals surface area contributed by atoms with Crippen molar-refractivity contribution in [1.82, 2.24) is 10.2 Å². The summed E-state index contributed by atoms with van der Waals surface area (Å²) >= 11 is 0. The van der Waals surface area contributed by atoms with Crippen molar-refractivity contribution in [3.05, 3.63) is 30.0 Å². The average Bonchev–Trinajstić information content (AvgIpc) is 2.85. The first kappa shape index (κ1) is 11.8. The molecule has 0 unspecified atom stereocenters. The summed E-state index contributed by atoms with van der Waals surface area (Å²) in [5.41, 5.74) is 0.924. The van der Waals surface area contributed by atoms with Gasteiger partial charge in [0.2, 0.25) is 11.8 Å². The summed E-state index contributed by atoms with van der Waals surface area (Å²) < 4.78 is 16.4. The molecule has 0 saturated carbocycles. The predicted octanol–water partition coefficient (Wildman–Crippen LogP) is 2.32. The minimum atomic E-state index is -0.0660. The second kappa shape index (κ2) is 4.79. The standard InChI is InChI=1S/C13H15N3O3/c1-8(13-16-15-9(2)19-13)14-10-3-4-11-12(7-10)18-6-5-17-11/h3-4,7-8,14H,5-6H2,1-2H3/t8-/m0/s1.